The van der Waals surface area contributed by atoms with E-state index in [9.17, 15) is 4.79 Å². The first kappa shape index (κ1) is 21.5. The van der Waals surface area contributed by atoms with Gasteiger partial charge >= 0.3 is 0 Å². The zero-order valence-electron chi connectivity index (χ0n) is 17.1. The van der Waals surface area contributed by atoms with Gasteiger partial charge in [-0.25, -0.2) is 0 Å². The molecule has 0 spiro atoms. The van der Waals surface area contributed by atoms with Crippen LogP contribution < -0.4 is 14.2 Å². The molecular weight excluding hydrogens is 352 g/mol. The Bertz CT molecular complexity index is 765. The highest BCUT2D eigenvalue weighted by Crippen LogP contribution is 2.36. The fraction of sp³-hybridized carbons (Fsp3) is 0.375. The largest absolute Gasteiger partial charge is 0.497 e. The number of hydrogen-bond donors (Lipinski definition) is 0. The van der Waals surface area contributed by atoms with Gasteiger partial charge in [0.05, 0.1) is 14.2 Å². The zero-order valence-corrected chi connectivity index (χ0v) is 17.1. The van der Waals surface area contributed by atoms with E-state index in [2.05, 4.69) is 13.5 Å². The maximum Gasteiger partial charge on any atom is 0.163 e. The number of hydrogen-bond acceptors (Lipinski definition) is 4. The maximum absolute atomic E-state index is 12.9. The highest BCUT2D eigenvalue weighted by Gasteiger charge is 2.21. The van der Waals surface area contributed by atoms with Gasteiger partial charge in [-0.2, -0.15) is 0 Å². The van der Waals surface area contributed by atoms with Crippen LogP contribution in [0.3, 0.4) is 0 Å². The van der Waals surface area contributed by atoms with Gasteiger partial charge < -0.3 is 14.2 Å². The second-order valence-corrected chi connectivity index (χ2v) is 6.70. The van der Waals surface area contributed by atoms with Crippen LogP contribution in [0.15, 0.2) is 55.1 Å². The fourth-order valence-electron chi connectivity index (χ4n) is 3.21. The van der Waals surface area contributed by atoms with Gasteiger partial charge in [0.15, 0.2) is 5.78 Å². The average Bonchev–Trinajstić information content (AvgIpc) is 2.74. The number of ether oxygens (including phenoxy) is 3. The van der Waals surface area contributed by atoms with Crippen LogP contribution >= 0.6 is 0 Å². The summed E-state index contributed by atoms with van der Waals surface area (Å²) in [5, 5.41) is 0. The van der Waals surface area contributed by atoms with E-state index in [0.29, 0.717) is 18.6 Å². The second kappa shape index (κ2) is 11.2. The van der Waals surface area contributed by atoms with Crippen LogP contribution in [0.5, 0.6) is 17.2 Å². The number of benzene rings is 2. The molecule has 0 saturated heterocycles. The summed E-state index contributed by atoms with van der Waals surface area (Å²) in [4.78, 5) is 12.9. The number of carbonyl (C=O) groups excluding carboxylic acids is 1. The zero-order chi connectivity index (χ0) is 20.4. The highest BCUT2D eigenvalue weighted by molar-refractivity contribution is 5.96. The first-order valence-corrected chi connectivity index (χ1v) is 9.71. The summed E-state index contributed by atoms with van der Waals surface area (Å²) in [6, 6.07) is 13.1. The number of carbonyl (C=O) groups is 1. The third kappa shape index (κ3) is 5.88. The normalized spacial score (nSPS) is 11.5. The standard InChI is InChI=1S/C24H30O4/c1-5-7-8-19(22-14-13-21(26-3)17-24(22)27-4)16-23(25)18-9-11-20(12-10-18)28-15-6-2/h6,9-14,17,19H,2,5,7-8,15-16H2,1,3-4H3. The summed E-state index contributed by atoms with van der Waals surface area (Å²) < 4.78 is 16.4. The van der Waals surface area contributed by atoms with Crippen molar-refractivity contribution in [3.8, 4) is 17.2 Å². The van der Waals surface area contributed by atoms with Gasteiger partial charge in [0.25, 0.3) is 0 Å². The lowest BCUT2D eigenvalue weighted by Crippen LogP contribution is -2.09. The van der Waals surface area contributed by atoms with Crippen molar-refractivity contribution in [1.82, 2.24) is 0 Å². The summed E-state index contributed by atoms with van der Waals surface area (Å²) in [5.41, 5.74) is 1.75. The van der Waals surface area contributed by atoms with E-state index in [0.717, 1.165) is 42.1 Å². The molecule has 1 unspecified atom stereocenters. The fourth-order valence-corrected chi connectivity index (χ4v) is 3.21. The van der Waals surface area contributed by atoms with Crippen LogP contribution in [-0.2, 0) is 0 Å². The molecular formula is C24H30O4. The van der Waals surface area contributed by atoms with Gasteiger partial charge in [-0.1, -0.05) is 38.5 Å². The quantitative estimate of drug-likeness (QED) is 0.343. The summed E-state index contributed by atoms with van der Waals surface area (Å²) in [6.45, 7) is 6.24. The van der Waals surface area contributed by atoms with Crippen molar-refractivity contribution in [2.45, 2.75) is 38.5 Å². The van der Waals surface area contributed by atoms with Gasteiger partial charge in [0.1, 0.15) is 23.9 Å². The Labute approximate surface area is 168 Å². The van der Waals surface area contributed by atoms with Crippen LogP contribution in [-0.4, -0.2) is 26.6 Å². The molecule has 2 rings (SSSR count). The molecule has 0 saturated carbocycles. The van der Waals surface area contributed by atoms with Gasteiger partial charge in [0, 0.05) is 18.1 Å². The Morgan fingerprint density at radius 2 is 1.79 bits per heavy atom. The van der Waals surface area contributed by atoms with E-state index in [-0.39, 0.29) is 11.7 Å². The molecule has 4 nitrogen and oxygen atoms in total. The molecule has 0 aliphatic rings. The third-order valence-corrected chi connectivity index (χ3v) is 4.76. The maximum atomic E-state index is 12.9. The SMILES string of the molecule is C=CCOc1ccc(C(=O)CC(CCCC)c2ccc(OC)cc2OC)cc1. The van der Waals surface area contributed by atoms with Gasteiger partial charge in [-0.3, -0.25) is 4.79 Å². The van der Waals surface area contributed by atoms with Crippen LogP contribution in [0, 0.1) is 0 Å². The van der Waals surface area contributed by atoms with Crippen molar-refractivity contribution in [2.75, 3.05) is 20.8 Å². The molecule has 0 heterocycles. The molecule has 0 radical (unpaired) electrons. The molecule has 0 N–H and O–H groups in total. The first-order chi connectivity index (χ1) is 13.6. The van der Waals surface area contributed by atoms with Gasteiger partial charge in [0.2, 0.25) is 0 Å². The molecule has 0 amide bonds. The third-order valence-electron chi connectivity index (χ3n) is 4.76. The molecule has 0 aliphatic carbocycles. The highest BCUT2D eigenvalue weighted by atomic mass is 16.5. The van der Waals surface area contributed by atoms with Crippen LogP contribution in [0.25, 0.3) is 0 Å². The van der Waals surface area contributed by atoms with E-state index in [1.165, 1.54) is 0 Å². The smallest absolute Gasteiger partial charge is 0.163 e. The van der Waals surface area contributed by atoms with Crippen LogP contribution in [0.4, 0.5) is 0 Å². The molecule has 0 bridgehead atoms. The number of ketones is 1. The van der Waals surface area contributed by atoms with Crippen LogP contribution in [0.1, 0.15) is 54.4 Å². The molecule has 2 aromatic carbocycles. The van der Waals surface area contributed by atoms with Crippen molar-refractivity contribution in [3.05, 3.63) is 66.2 Å². The molecule has 0 aliphatic heterocycles. The Morgan fingerprint density at radius 1 is 1.07 bits per heavy atom. The number of methoxy groups -OCH3 is 2. The molecule has 0 fully saturated rings. The Morgan fingerprint density at radius 3 is 2.39 bits per heavy atom. The Kier molecular flexibility index (Phi) is 8.60. The Hall–Kier alpha value is -2.75. The topological polar surface area (TPSA) is 44.8 Å². The monoisotopic (exact) mass is 382 g/mol. The van der Waals surface area contributed by atoms with E-state index < -0.39 is 0 Å². The number of unbranched alkanes of at least 4 members (excludes halogenated alkanes) is 1. The minimum atomic E-state index is 0.102. The summed E-state index contributed by atoms with van der Waals surface area (Å²) in [7, 11) is 3.29. The molecule has 150 valence electrons. The molecule has 2 aromatic rings. The van der Waals surface area contributed by atoms with Crippen molar-refractivity contribution in [3.63, 3.8) is 0 Å². The second-order valence-electron chi connectivity index (χ2n) is 6.70. The summed E-state index contributed by atoms with van der Waals surface area (Å²) >= 11 is 0. The van der Waals surface area contributed by atoms with Crippen LogP contribution in [0.2, 0.25) is 0 Å². The van der Waals surface area contributed by atoms with Crippen molar-refractivity contribution < 1.29 is 19.0 Å². The van der Waals surface area contributed by atoms with E-state index in [4.69, 9.17) is 14.2 Å². The van der Waals surface area contributed by atoms with Crippen molar-refractivity contribution in [1.29, 1.82) is 0 Å². The lowest BCUT2D eigenvalue weighted by atomic mass is 9.87. The molecule has 1 atom stereocenters. The molecule has 28 heavy (non-hydrogen) atoms. The predicted molar refractivity (Wildman–Crippen MR) is 113 cm³/mol. The molecule has 4 heteroatoms. The van der Waals surface area contributed by atoms with Gasteiger partial charge in [-0.15, -0.1) is 0 Å². The van der Waals surface area contributed by atoms with Crippen molar-refractivity contribution >= 4 is 5.78 Å². The Balaban J connectivity index is 2.19. The van der Waals surface area contributed by atoms with E-state index in [1.54, 1.807) is 20.3 Å². The predicted octanol–water partition coefficient (Wildman–Crippen LogP) is 5.82. The minimum absolute atomic E-state index is 0.102. The molecule has 0 aromatic heterocycles. The lowest BCUT2D eigenvalue weighted by Gasteiger charge is -2.20. The van der Waals surface area contributed by atoms with E-state index >= 15 is 0 Å². The first-order valence-electron chi connectivity index (χ1n) is 9.71. The average molecular weight is 383 g/mol. The lowest BCUT2D eigenvalue weighted by molar-refractivity contribution is 0.0971. The number of Topliss-reactive ketones (excluding diaryl/α,β-unsaturated/α-hetero) is 1. The summed E-state index contributed by atoms with van der Waals surface area (Å²) in [5.74, 6) is 2.47. The van der Waals surface area contributed by atoms with Gasteiger partial charge in [-0.05, 0) is 48.2 Å². The van der Waals surface area contributed by atoms with Crippen molar-refractivity contribution in [2.24, 2.45) is 0 Å². The number of rotatable bonds is 12. The minimum Gasteiger partial charge on any atom is -0.497 e. The van der Waals surface area contributed by atoms with E-state index in [1.807, 2.05) is 42.5 Å². The summed E-state index contributed by atoms with van der Waals surface area (Å²) in [6.07, 6.45) is 5.21.